The topological polar surface area (TPSA) is 53.3 Å². The lowest BCUT2D eigenvalue weighted by Crippen LogP contribution is -2.41. The number of nitriles is 1. The second kappa shape index (κ2) is 6.06. The zero-order valence-corrected chi connectivity index (χ0v) is 12.2. The van der Waals surface area contributed by atoms with Gasteiger partial charge in [-0.1, -0.05) is 6.92 Å². The Balaban J connectivity index is 2.34. The molecule has 4 nitrogen and oxygen atoms in total. The Kier molecular flexibility index (Phi) is 4.41. The Bertz CT molecular complexity index is 540. The molecule has 0 spiro atoms. The standard InChI is InChI=1S/C16H20N2O2/c1-4-15(20-3)16(19)18(13-6-7-13)14-8-5-12(10-17)9-11(14)2/h5,8-9,13,15H,4,6-7H2,1-3H3/t15-/m0/s1. The van der Waals surface area contributed by atoms with E-state index in [1.165, 1.54) is 0 Å². The summed E-state index contributed by atoms with van der Waals surface area (Å²) in [5.74, 6) is 0.0188. The van der Waals surface area contributed by atoms with E-state index < -0.39 is 6.10 Å². The molecule has 1 amide bonds. The smallest absolute Gasteiger partial charge is 0.256 e. The summed E-state index contributed by atoms with van der Waals surface area (Å²) in [6.07, 6.45) is 2.33. The molecule has 4 heteroatoms. The van der Waals surface area contributed by atoms with E-state index in [1.54, 1.807) is 13.2 Å². The molecule has 2 rings (SSSR count). The van der Waals surface area contributed by atoms with E-state index in [4.69, 9.17) is 10.00 Å². The van der Waals surface area contributed by atoms with Gasteiger partial charge < -0.3 is 9.64 Å². The summed E-state index contributed by atoms with van der Waals surface area (Å²) in [5, 5.41) is 8.94. The lowest BCUT2D eigenvalue weighted by Gasteiger charge is -2.27. The summed E-state index contributed by atoms with van der Waals surface area (Å²) in [6, 6.07) is 7.86. The number of hydrogen-bond acceptors (Lipinski definition) is 3. The highest BCUT2D eigenvalue weighted by molar-refractivity contribution is 5.98. The van der Waals surface area contributed by atoms with Crippen LogP contribution in [0.2, 0.25) is 0 Å². The summed E-state index contributed by atoms with van der Waals surface area (Å²) >= 11 is 0. The van der Waals surface area contributed by atoms with Crippen LogP contribution in [0, 0.1) is 18.3 Å². The van der Waals surface area contributed by atoms with Crippen molar-refractivity contribution in [2.24, 2.45) is 0 Å². The predicted molar refractivity (Wildman–Crippen MR) is 77.5 cm³/mol. The molecule has 1 aliphatic rings. The number of carbonyl (C=O) groups excluding carboxylic acids is 1. The minimum absolute atomic E-state index is 0.0188. The van der Waals surface area contributed by atoms with Crippen molar-refractivity contribution in [1.29, 1.82) is 5.26 Å². The molecule has 0 bridgehead atoms. The molecular formula is C16H20N2O2. The van der Waals surface area contributed by atoms with Gasteiger partial charge in [0.25, 0.3) is 5.91 Å². The molecule has 0 heterocycles. The van der Waals surface area contributed by atoms with Crippen LogP contribution in [0.1, 0.15) is 37.3 Å². The number of anilines is 1. The van der Waals surface area contributed by atoms with Gasteiger partial charge in [-0.25, -0.2) is 0 Å². The molecule has 0 aromatic heterocycles. The van der Waals surface area contributed by atoms with Gasteiger partial charge in [-0.2, -0.15) is 5.26 Å². The van der Waals surface area contributed by atoms with E-state index in [0.717, 1.165) is 24.1 Å². The molecule has 106 valence electrons. The van der Waals surface area contributed by atoms with Crippen molar-refractivity contribution in [3.05, 3.63) is 29.3 Å². The van der Waals surface area contributed by atoms with E-state index >= 15 is 0 Å². The summed E-state index contributed by atoms with van der Waals surface area (Å²) in [6.45, 7) is 3.88. The number of methoxy groups -OCH3 is 1. The van der Waals surface area contributed by atoms with Crippen molar-refractivity contribution in [1.82, 2.24) is 0 Å². The average Bonchev–Trinajstić information content (AvgIpc) is 3.27. The zero-order valence-electron chi connectivity index (χ0n) is 12.2. The van der Waals surface area contributed by atoms with Crippen molar-refractivity contribution in [3.63, 3.8) is 0 Å². The Hall–Kier alpha value is -1.86. The van der Waals surface area contributed by atoms with Crippen molar-refractivity contribution in [2.75, 3.05) is 12.0 Å². The molecule has 0 radical (unpaired) electrons. The number of carbonyl (C=O) groups is 1. The van der Waals surface area contributed by atoms with Gasteiger partial charge in [0.05, 0.1) is 11.6 Å². The number of amides is 1. The van der Waals surface area contributed by atoms with Crippen molar-refractivity contribution in [2.45, 2.75) is 45.3 Å². The van der Waals surface area contributed by atoms with Crippen molar-refractivity contribution in [3.8, 4) is 6.07 Å². The van der Waals surface area contributed by atoms with Crippen LogP contribution in [0.5, 0.6) is 0 Å². The minimum Gasteiger partial charge on any atom is -0.372 e. The van der Waals surface area contributed by atoms with Gasteiger partial charge in [-0.15, -0.1) is 0 Å². The van der Waals surface area contributed by atoms with Crippen LogP contribution in [-0.2, 0) is 9.53 Å². The fourth-order valence-corrected chi connectivity index (χ4v) is 2.42. The lowest BCUT2D eigenvalue weighted by molar-refractivity contribution is -0.128. The van der Waals surface area contributed by atoms with Crippen LogP contribution in [0.15, 0.2) is 18.2 Å². The third-order valence-electron chi connectivity index (χ3n) is 3.67. The molecule has 1 atom stereocenters. The number of hydrogen-bond donors (Lipinski definition) is 0. The quantitative estimate of drug-likeness (QED) is 0.828. The Morgan fingerprint density at radius 3 is 2.70 bits per heavy atom. The second-order valence-electron chi connectivity index (χ2n) is 5.19. The van der Waals surface area contributed by atoms with Crippen LogP contribution in [0.3, 0.4) is 0 Å². The molecule has 0 aliphatic heterocycles. The van der Waals surface area contributed by atoms with Crippen LogP contribution in [0.25, 0.3) is 0 Å². The number of ether oxygens (including phenoxy) is 1. The van der Waals surface area contributed by atoms with Crippen LogP contribution >= 0.6 is 0 Å². The fraction of sp³-hybridized carbons (Fsp3) is 0.500. The maximum Gasteiger partial charge on any atom is 0.256 e. The van der Waals surface area contributed by atoms with E-state index in [9.17, 15) is 4.79 Å². The Morgan fingerprint density at radius 2 is 2.25 bits per heavy atom. The highest BCUT2D eigenvalue weighted by Crippen LogP contribution is 2.34. The number of benzene rings is 1. The fourth-order valence-electron chi connectivity index (χ4n) is 2.42. The zero-order chi connectivity index (χ0) is 14.7. The Labute approximate surface area is 120 Å². The summed E-state index contributed by atoms with van der Waals surface area (Å²) < 4.78 is 5.28. The number of aryl methyl sites for hydroxylation is 1. The minimum atomic E-state index is -0.398. The monoisotopic (exact) mass is 272 g/mol. The molecule has 1 aromatic carbocycles. The van der Waals surface area contributed by atoms with Crippen molar-refractivity contribution >= 4 is 11.6 Å². The lowest BCUT2D eigenvalue weighted by atomic mass is 10.1. The second-order valence-corrected chi connectivity index (χ2v) is 5.19. The molecule has 0 saturated heterocycles. The maximum absolute atomic E-state index is 12.6. The van der Waals surface area contributed by atoms with Gasteiger partial charge >= 0.3 is 0 Å². The van der Waals surface area contributed by atoms with Gasteiger partial charge in [0.1, 0.15) is 6.10 Å². The average molecular weight is 272 g/mol. The van der Waals surface area contributed by atoms with Crippen LogP contribution in [-0.4, -0.2) is 25.2 Å². The van der Waals surface area contributed by atoms with E-state index in [-0.39, 0.29) is 11.9 Å². The van der Waals surface area contributed by atoms with Crippen LogP contribution in [0.4, 0.5) is 5.69 Å². The molecule has 1 aliphatic carbocycles. The predicted octanol–water partition coefficient (Wildman–Crippen LogP) is 2.79. The van der Waals surface area contributed by atoms with Gasteiger partial charge in [0.15, 0.2) is 0 Å². The van der Waals surface area contributed by atoms with Gasteiger partial charge in [0, 0.05) is 18.8 Å². The highest BCUT2D eigenvalue weighted by atomic mass is 16.5. The Morgan fingerprint density at radius 1 is 1.55 bits per heavy atom. The molecule has 1 saturated carbocycles. The van der Waals surface area contributed by atoms with Gasteiger partial charge in [-0.05, 0) is 49.9 Å². The molecule has 1 aromatic rings. The first-order valence-electron chi connectivity index (χ1n) is 6.99. The van der Waals surface area contributed by atoms with Crippen LogP contribution < -0.4 is 4.90 Å². The summed E-state index contributed by atoms with van der Waals surface area (Å²) in [5.41, 5.74) is 2.47. The van der Waals surface area contributed by atoms with Gasteiger partial charge in [-0.3, -0.25) is 4.79 Å². The first-order chi connectivity index (χ1) is 9.62. The highest BCUT2D eigenvalue weighted by Gasteiger charge is 2.37. The summed E-state index contributed by atoms with van der Waals surface area (Å²) in [4.78, 5) is 14.5. The largest absolute Gasteiger partial charge is 0.372 e. The first-order valence-corrected chi connectivity index (χ1v) is 6.99. The normalized spacial score (nSPS) is 15.5. The van der Waals surface area contributed by atoms with E-state index in [1.807, 2.05) is 30.9 Å². The maximum atomic E-state index is 12.6. The number of rotatable bonds is 5. The van der Waals surface area contributed by atoms with Gasteiger partial charge in [0.2, 0.25) is 0 Å². The molecule has 1 fully saturated rings. The van der Waals surface area contributed by atoms with E-state index in [0.29, 0.717) is 12.0 Å². The molecule has 0 unspecified atom stereocenters. The molecule has 0 N–H and O–H groups in total. The third-order valence-corrected chi connectivity index (χ3v) is 3.67. The SMILES string of the molecule is CC[C@H](OC)C(=O)N(c1ccc(C#N)cc1C)C1CC1. The summed E-state index contributed by atoms with van der Waals surface area (Å²) in [7, 11) is 1.57. The molecule has 20 heavy (non-hydrogen) atoms. The molecular weight excluding hydrogens is 252 g/mol. The van der Waals surface area contributed by atoms with Crippen molar-refractivity contribution < 1.29 is 9.53 Å². The van der Waals surface area contributed by atoms with E-state index in [2.05, 4.69) is 6.07 Å². The third kappa shape index (κ3) is 2.83. The number of nitrogens with zero attached hydrogens (tertiary/aromatic N) is 2. The first kappa shape index (κ1) is 14.5.